The van der Waals surface area contributed by atoms with Crippen molar-refractivity contribution in [3.63, 3.8) is 0 Å². The molecular weight excluding hydrogens is 897 g/mol. The Bertz CT molecular complexity index is 2550. The van der Waals surface area contributed by atoms with Gasteiger partial charge in [-0.05, 0) is 96.6 Å². The van der Waals surface area contributed by atoms with E-state index in [0.717, 1.165) is 33.8 Å². The molecule has 4 aromatic carbocycles. The van der Waals surface area contributed by atoms with E-state index in [1.54, 1.807) is 42.2 Å². The van der Waals surface area contributed by atoms with Gasteiger partial charge < -0.3 is 53.1 Å². The average molecular weight is 963 g/mol. The number of rotatable bonds is 20. The van der Waals surface area contributed by atoms with Crippen molar-refractivity contribution in [3.05, 3.63) is 120 Å². The van der Waals surface area contributed by atoms with Crippen LogP contribution in [0.2, 0.25) is 18.1 Å². The Kier molecular flexibility index (Phi) is 16.8. The van der Waals surface area contributed by atoms with E-state index in [1.165, 1.54) is 26.4 Å². The number of benzene rings is 4. The first kappa shape index (κ1) is 51.5. The number of hydrogen-bond donors (Lipinski definition) is 2. The van der Waals surface area contributed by atoms with Gasteiger partial charge in [-0.1, -0.05) is 57.7 Å². The summed E-state index contributed by atoms with van der Waals surface area (Å²) in [6.07, 6.45) is 6.00. The first-order chi connectivity index (χ1) is 32.9. The van der Waals surface area contributed by atoms with Crippen molar-refractivity contribution >= 4 is 48.7 Å². The number of carbonyl (C=O) groups excluding carboxylic acids is 3. The van der Waals surface area contributed by atoms with Gasteiger partial charge in [0.25, 0.3) is 11.8 Å². The van der Waals surface area contributed by atoms with Crippen molar-refractivity contribution in [2.45, 2.75) is 77.2 Å². The molecule has 0 bridgehead atoms. The molecule has 2 aliphatic heterocycles. The summed E-state index contributed by atoms with van der Waals surface area (Å²) in [7, 11) is 4.07. The number of nitrogen functional groups attached to an aromatic ring is 1. The Labute approximate surface area is 406 Å². The zero-order valence-electron chi connectivity index (χ0n) is 41.4. The Hall–Kier alpha value is -6.91. The van der Waals surface area contributed by atoms with Gasteiger partial charge in [-0.25, -0.2) is 4.79 Å². The largest absolute Gasteiger partial charge is 0.497 e. The van der Waals surface area contributed by atoms with Crippen LogP contribution in [-0.4, -0.2) is 103 Å². The van der Waals surface area contributed by atoms with E-state index in [4.69, 9.17) is 43.3 Å². The zero-order valence-corrected chi connectivity index (χ0v) is 42.4. The van der Waals surface area contributed by atoms with Gasteiger partial charge in [0, 0.05) is 42.7 Å². The Morgan fingerprint density at radius 2 is 1.26 bits per heavy atom. The van der Waals surface area contributed by atoms with Crippen molar-refractivity contribution in [1.82, 2.24) is 9.80 Å². The normalized spacial score (nSPS) is 15.7. The van der Waals surface area contributed by atoms with E-state index in [-0.39, 0.29) is 82.8 Å². The minimum Gasteiger partial charge on any atom is -0.497 e. The fraction of sp³-hybridized carbons (Fsp3) is 0.377. The van der Waals surface area contributed by atoms with Crippen LogP contribution < -0.4 is 39.5 Å². The highest BCUT2D eigenvalue weighted by Crippen LogP contribution is 2.41. The predicted octanol–water partition coefficient (Wildman–Crippen LogP) is 10.4. The number of carbonyl (C=O) groups is 3. The minimum atomic E-state index is -2.14. The molecule has 368 valence electrons. The van der Waals surface area contributed by atoms with Crippen molar-refractivity contribution < 1.29 is 52.0 Å². The van der Waals surface area contributed by atoms with Gasteiger partial charge in [0.2, 0.25) is 0 Å². The summed E-state index contributed by atoms with van der Waals surface area (Å²) < 4.78 is 46.3. The standard InChI is InChI=1S/C53H66N4O11Si/c1-12-22-67-52(60)55-45-30-49(47(64-9)28-43(45)51(59)56-31-37(25-34(56)2)35-14-18-40(61-6)19-15-35)66-24-13-23-65-48-29-44(54)42(27-46(48)63-8)50(58)57-32-38(36-16-20-41(62-7)21-17-36)26-39(57)33-68-69(10,11)53(3,4)5/h12,14-21,27-32,34,39H,1,13,22-26,33,54H2,2-11H3,(H,55,60)/t34-,39?/m1/s1. The molecule has 0 saturated carbocycles. The maximum Gasteiger partial charge on any atom is 0.411 e. The fourth-order valence-electron chi connectivity index (χ4n) is 7.71. The molecule has 0 fully saturated rings. The van der Waals surface area contributed by atoms with Crippen LogP contribution in [0.1, 0.15) is 78.8 Å². The highest BCUT2D eigenvalue weighted by atomic mass is 28.4. The summed E-state index contributed by atoms with van der Waals surface area (Å²) >= 11 is 0. The topological polar surface area (TPSA) is 170 Å². The third-order valence-electron chi connectivity index (χ3n) is 12.7. The zero-order chi connectivity index (χ0) is 50.0. The summed E-state index contributed by atoms with van der Waals surface area (Å²) in [4.78, 5) is 44.9. The molecule has 2 aliphatic rings. The summed E-state index contributed by atoms with van der Waals surface area (Å²) in [6.45, 7) is 17.2. The van der Waals surface area contributed by atoms with E-state index in [1.807, 2.05) is 67.9 Å². The number of ether oxygens (including phenoxy) is 7. The van der Waals surface area contributed by atoms with Crippen LogP contribution in [0.3, 0.4) is 0 Å². The first-order valence-corrected chi connectivity index (χ1v) is 25.8. The molecule has 3 amide bonds. The maximum atomic E-state index is 14.4. The maximum absolute atomic E-state index is 14.4. The van der Waals surface area contributed by atoms with Crippen molar-refractivity contribution in [1.29, 1.82) is 0 Å². The van der Waals surface area contributed by atoms with Crippen molar-refractivity contribution in [2.75, 3.05) is 65.9 Å². The van der Waals surface area contributed by atoms with Gasteiger partial charge >= 0.3 is 6.09 Å². The van der Waals surface area contributed by atoms with Gasteiger partial charge in [0.15, 0.2) is 31.3 Å². The van der Waals surface area contributed by atoms with Gasteiger partial charge in [0.1, 0.15) is 18.1 Å². The van der Waals surface area contributed by atoms with Gasteiger partial charge in [-0.15, -0.1) is 0 Å². The highest BCUT2D eigenvalue weighted by molar-refractivity contribution is 6.74. The second kappa shape index (κ2) is 22.5. The third kappa shape index (κ3) is 12.2. The lowest BCUT2D eigenvalue weighted by molar-refractivity contribution is 0.0737. The van der Waals surface area contributed by atoms with Crippen LogP contribution in [0.25, 0.3) is 11.1 Å². The molecule has 0 spiro atoms. The highest BCUT2D eigenvalue weighted by Gasteiger charge is 2.40. The molecule has 0 aromatic heterocycles. The second-order valence-corrected chi connectivity index (χ2v) is 23.2. The Morgan fingerprint density at radius 3 is 1.80 bits per heavy atom. The predicted molar refractivity (Wildman–Crippen MR) is 271 cm³/mol. The minimum absolute atomic E-state index is 0.00830. The van der Waals surface area contributed by atoms with Gasteiger partial charge in [-0.3, -0.25) is 14.9 Å². The summed E-state index contributed by atoms with van der Waals surface area (Å²) in [5.74, 6) is 2.09. The van der Waals surface area contributed by atoms with E-state index < -0.39 is 14.4 Å². The average Bonchev–Trinajstić information content (AvgIpc) is 3.95. The molecule has 6 rings (SSSR count). The van der Waals surface area contributed by atoms with Crippen molar-refractivity contribution in [3.8, 4) is 34.5 Å². The molecule has 0 aliphatic carbocycles. The first-order valence-electron chi connectivity index (χ1n) is 22.9. The van der Waals surface area contributed by atoms with E-state index in [9.17, 15) is 14.4 Å². The SMILES string of the molecule is C=CCOC(=O)Nc1cc(OCCCOc2cc(N)c(C(=O)N3C=C(c4ccc(OC)cc4)CC3CO[Si](C)(C)C(C)(C)C)cc2OC)c(OC)cc1C(=O)N1C=C(c2ccc(OC)cc2)C[C@H]1C. The lowest BCUT2D eigenvalue weighted by Crippen LogP contribution is -2.45. The van der Waals surface area contributed by atoms with Crippen LogP contribution in [0, 0.1) is 0 Å². The summed E-state index contributed by atoms with van der Waals surface area (Å²) in [5, 5.41) is 2.69. The number of nitrogens with two attached hydrogens (primary N) is 1. The quantitative estimate of drug-likeness (QED) is 0.0373. The Morgan fingerprint density at radius 1 is 0.739 bits per heavy atom. The van der Waals surface area contributed by atoms with Gasteiger partial charge in [-0.2, -0.15) is 0 Å². The van der Waals surface area contributed by atoms with E-state index >= 15 is 0 Å². The molecule has 2 heterocycles. The molecule has 0 radical (unpaired) electrons. The number of anilines is 2. The third-order valence-corrected chi connectivity index (χ3v) is 17.2. The summed E-state index contributed by atoms with van der Waals surface area (Å²) in [5.41, 5.74) is 11.4. The lowest BCUT2D eigenvalue weighted by atomic mass is 10.0. The number of amides is 3. The number of methoxy groups -OCH3 is 4. The second-order valence-electron chi connectivity index (χ2n) is 18.4. The summed E-state index contributed by atoms with van der Waals surface area (Å²) in [6, 6.07) is 21.3. The molecule has 1 unspecified atom stereocenters. The van der Waals surface area contributed by atoms with Crippen LogP contribution in [0.15, 0.2) is 97.9 Å². The lowest BCUT2D eigenvalue weighted by Gasteiger charge is -2.38. The van der Waals surface area contributed by atoms with E-state index in [2.05, 4.69) is 45.8 Å². The van der Waals surface area contributed by atoms with Crippen LogP contribution >= 0.6 is 0 Å². The number of hydrogen-bond acceptors (Lipinski definition) is 12. The monoisotopic (exact) mass is 962 g/mol. The van der Waals surface area contributed by atoms with Crippen LogP contribution in [0.5, 0.6) is 34.5 Å². The molecule has 16 heteroatoms. The molecule has 0 saturated heterocycles. The fourth-order valence-corrected chi connectivity index (χ4v) is 8.75. The van der Waals surface area contributed by atoms with Crippen LogP contribution in [-0.2, 0) is 9.16 Å². The molecule has 3 N–H and O–H groups in total. The molecule has 69 heavy (non-hydrogen) atoms. The van der Waals surface area contributed by atoms with Gasteiger partial charge in [0.05, 0.1) is 71.1 Å². The number of nitrogens with zero attached hydrogens (tertiary/aromatic N) is 2. The molecule has 4 aromatic rings. The molecule has 15 nitrogen and oxygen atoms in total. The Balaban J connectivity index is 1.16. The van der Waals surface area contributed by atoms with Crippen LogP contribution in [0.4, 0.5) is 16.2 Å². The van der Waals surface area contributed by atoms with E-state index in [0.29, 0.717) is 37.4 Å². The van der Waals surface area contributed by atoms with Crippen molar-refractivity contribution in [2.24, 2.45) is 0 Å². The smallest absolute Gasteiger partial charge is 0.411 e. The molecular formula is C53H66N4O11Si. The number of nitrogens with one attached hydrogen (secondary N) is 1. The molecule has 2 atom stereocenters.